The van der Waals surface area contributed by atoms with Gasteiger partial charge in [0.1, 0.15) is 11.5 Å². The molecule has 1 N–H and O–H groups in total. The zero-order valence-electron chi connectivity index (χ0n) is 14.2. The van der Waals surface area contributed by atoms with Crippen LogP contribution in [-0.4, -0.2) is 42.8 Å². The molecule has 2 aromatic rings. The highest BCUT2D eigenvalue weighted by Crippen LogP contribution is 2.33. The summed E-state index contributed by atoms with van der Waals surface area (Å²) in [6.07, 6.45) is 0. The van der Waals surface area contributed by atoms with Crippen molar-refractivity contribution in [2.45, 2.75) is 13.5 Å². The zero-order valence-corrected chi connectivity index (χ0v) is 15.7. The maximum Gasteiger partial charge on any atom is 0.142 e. The molecular formula is C19H22Cl2N2O2. The standard InChI is InChI=1S/C19H22Cl2N2O2/c1-2-25-18-6-4-3-5-17(18)23-9-7-22(8-10-23)13-14-11-15(20)12-16(21)19(14)24/h3-6,11-12,24H,2,7-10,13H2,1H3. The van der Waals surface area contributed by atoms with Crippen LogP contribution in [0.4, 0.5) is 5.69 Å². The highest BCUT2D eigenvalue weighted by Gasteiger charge is 2.21. The van der Waals surface area contributed by atoms with E-state index < -0.39 is 0 Å². The van der Waals surface area contributed by atoms with Crippen LogP contribution in [-0.2, 0) is 6.54 Å². The van der Waals surface area contributed by atoms with Gasteiger partial charge in [0.15, 0.2) is 0 Å². The van der Waals surface area contributed by atoms with Crippen molar-refractivity contribution in [3.05, 3.63) is 52.0 Å². The summed E-state index contributed by atoms with van der Waals surface area (Å²) in [6.45, 7) is 6.88. The van der Waals surface area contributed by atoms with E-state index >= 15 is 0 Å². The molecule has 4 nitrogen and oxygen atoms in total. The molecule has 1 fully saturated rings. The molecule has 0 atom stereocenters. The van der Waals surface area contributed by atoms with E-state index in [4.69, 9.17) is 27.9 Å². The van der Waals surface area contributed by atoms with Gasteiger partial charge in [-0.3, -0.25) is 4.90 Å². The van der Waals surface area contributed by atoms with Crippen LogP contribution in [0.1, 0.15) is 12.5 Å². The average molecular weight is 381 g/mol. The van der Waals surface area contributed by atoms with E-state index in [-0.39, 0.29) is 5.75 Å². The summed E-state index contributed by atoms with van der Waals surface area (Å²) in [5.74, 6) is 1.05. The summed E-state index contributed by atoms with van der Waals surface area (Å²) in [7, 11) is 0. The Hall–Kier alpha value is -1.62. The predicted molar refractivity (Wildman–Crippen MR) is 103 cm³/mol. The van der Waals surface area contributed by atoms with Crippen molar-refractivity contribution in [1.29, 1.82) is 0 Å². The molecule has 0 aromatic heterocycles. The van der Waals surface area contributed by atoms with Crippen LogP contribution in [0.15, 0.2) is 36.4 Å². The van der Waals surface area contributed by atoms with E-state index in [0.29, 0.717) is 23.2 Å². The molecule has 6 heteroatoms. The van der Waals surface area contributed by atoms with Crippen LogP contribution < -0.4 is 9.64 Å². The molecule has 0 amide bonds. The Morgan fingerprint density at radius 2 is 1.80 bits per heavy atom. The van der Waals surface area contributed by atoms with Crippen molar-refractivity contribution in [3.63, 3.8) is 0 Å². The van der Waals surface area contributed by atoms with Gasteiger partial charge in [0.2, 0.25) is 0 Å². The van der Waals surface area contributed by atoms with Crippen LogP contribution in [0, 0.1) is 0 Å². The molecule has 3 rings (SSSR count). The Bertz CT molecular complexity index is 731. The fourth-order valence-electron chi connectivity index (χ4n) is 3.12. The van der Waals surface area contributed by atoms with Crippen molar-refractivity contribution < 1.29 is 9.84 Å². The second-order valence-corrected chi connectivity index (χ2v) is 6.90. The van der Waals surface area contributed by atoms with Crippen molar-refractivity contribution >= 4 is 28.9 Å². The Balaban J connectivity index is 1.65. The van der Waals surface area contributed by atoms with Gasteiger partial charge in [0, 0.05) is 43.3 Å². The van der Waals surface area contributed by atoms with Gasteiger partial charge in [0.05, 0.1) is 17.3 Å². The third-order valence-electron chi connectivity index (χ3n) is 4.38. The fraction of sp³-hybridized carbons (Fsp3) is 0.368. The number of phenolic OH excluding ortho intramolecular Hbond substituents is 1. The number of benzene rings is 2. The molecular weight excluding hydrogens is 359 g/mol. The summed E-state index contributed by atoms with van der Waals surface area (Å²) in [5, 5.41) is 11.0. The number of rotatable bonds is 5. The molecule has 1 saturated heterocycles. The van der Waals surface area contributed by atoms with Crippen LogP contribution in [0.2, 0.25) is 10.0 Å². The molecule has 0 unspecified atom stereocenters. The zero-order chi connectivity index (χ0) is 17.8. The smallest absolute Gasteiger partial charge is 0.142 e. The second kappa shape index (κ2) is 8.17. The number of piperazine rings is 1. The lowest BCUT2D eigenvalue weighted by Gasteiger charge is -2.36. The largest absolute Gasteiger partial charge is 0.506 e. The number of nitrogens with zero attached hydrogens (tertiary/aromatic N) is 2. The van der Waals surface area contributed by atoms with Crippen LogP contribution in [0.5, 0.6) is 11.5 Å². The molecule has 0 spiro atoms. The number of hydrogen-bond donors (Lipinski definition) is 1. The molecule has 134 valence electrons. The van der Waals surface area contributed by atoms with E-state index in [1.54, 1.807) is 12.1 Å². The maximum absolute atomic E-state index is 10.1. The van der Waals surface area contributed by atoms with Gasteiger partial charge in [-0.15, -0.1) is 0 Å². The van der Waals surface area contributed by atoms with Gasteiger partial charge in [-0.25, -0.2) is 0 Å². The first-order valence-corrected chi connectivity index (χ1v) is 9.20. The van der Waals surface area contributed by atoms with E-state index in [0.717, 1.165) is 43.2 Å². The summed E-state index contributed by atoms with van der Waals surface area (Å²) >= 11 is 12.1. The number of ether oxygens (including phenoxy) is 1. The minimum Gasteiger partial charge on any atom is -0.506 e. The third-order valence-corrected chi connectivity index (χ3v) is 4.89. The lowest BCUT2D eigenvalue weighted by atomic mass is 10.1. The lowest BCUT2D eigenvalue weighted by molar-refractivity contribution is 0.245. The monoisotopic (exact) mass is 380 g/mol. The molecule has 25 heavy (non-hydrogen) atoms. The first-order valence-electron chi connectivity index (χ1n) is 8.44. The van der Waals surface area contributed by atoms with Gasteiger partial charge in [0.25, 0.3) is 0 Å². The van der Waals surface area contributed by atoms with Crippen LogP contribution in [0.25, 0.3) is 0 Å². The number of hydrogen-bond acceptors (Lipinski definition) is 4. The highest BCUT2D eigenvalue weighted by atomic mass is 35.5. The Morgan fingerprint density at radius 3 is 2.52 bits per heavy atom. The van der Waals surface area contributed by atoms with Gasteiger partial charge in [-0.05, 0) is 31.2 Å². The Morgan fingerprint density at radius 1 is 1.08 bits per heavy atom. The van der Waals surface area contributed by atoms with Crippen molar-refractivity contribution in [2.75, 3.05) is 37.7 Å². The van der Waals surface area contributed by atoms with Crippen molar-refractivity contribution in [1.82, 2.24) is 4.90 Å². The minimum absolute atomic E-state index is 0.121. The van der Waals surface area contributed by atoms with Crippen LogP contribution in [0.3, 0.4) is 0 Å². The molecule has 1 aliphatic rings. The summed E-state index contributed by atoms with van der Waals surface area (Å²) in [4.78, 5) is 4.63. The van der Waals surface area contributed by atoms with Gasteiger partial charge in [-0.2, -0.15) is 0 Å². The quantitative estimate of drug-likeness (QED) is 0.832. The Kier molecular flexibility index (Phi) is 5.94. The summed E-state index contributed by atoms with van der Waals surface area (Å²) in [5.41, 5.74) is 1.90. The van der Waals surface area contributed by atoms with E-state index in [1.165, 1.54) is 0 Å². The number of anilines is 1. The summed E-state index contributed by atoms with van der Waals surface area (Å²) < 4.78 is 5.74. The van der Waals surface area contributed by atoms with E-state index in [2.05, 4.69) is 15.9 Å². The lowest BCUT2D eigenvalue weighted by Crippen LogP contribution is -2.46. The first kappa shape index (κ1) is 18.2. The molecule has 0 saturated carbocycles. The van der Waals surface area contributed by atoms with Gasteiger partial charge in [-0.1, -0.05) is 35.3 Å². The molecule has 1 heterocycles. The third kappa shape index (κ3) is 4.32. The molecule has 1 aliphatic heterocycles. The van der Waals surface area contributed by atoms with E-state index in [9.17, 15) is 5.11 Å². The van der Waals surface area contributed by atoms with Crippen LogP contribution >= 0.6 is 23.2 Å². The normalized spacial score (nSPS) is 15.4. The maximum atomic E-state index is 10.1. The molecule has 2 aromatic carbocycles. The van der Waals surface area contributed by atoms with Crippen molar-refractivity contribution in [3.8, 4) is 11.5 Å². The number of phenols is 1. The minimum atomic E-state index is 0.121. The fourth-order valence-corrected chi connectivity index (χ4v) is 3.66. The number of halogens is 2. The first-order chi connectivity index (χ1) is 12.1. The van der Waals surface area contributed by atoms with Crippen molar-refractivity contribution in [2.24, 2.45) is 0 Å². The predicted octanol–water partition coefficient (Wildman–Crippen LogP) is 4.42. The molecule has 0 bridgehead atoms. The van der Waals surface area contributed by atoms with E-state index in [1.807, 2.05) is 25.1 Å². The second-order valence-electron chi connectivity index (χ2n) is 6.06. The highest BCUT2D eigenvalue weighted by molar-refractivity contribution is 6.35. The topological polar surface area (TPSA) is 35.9 Å². The van der Waals surface area contributed by atoms with Gasteiger partial charge < -0.3 is 14.7 Å². The Labute approximate surface area is 158 Å². The SMILES string of the molecule is CCOc1ccccc1N1CCN(Cc2cc(Cl)cc(Cl)c2O)CC1. The number of aromatic hydroxyl groups is 1. The van der Waals surface area contributed by atoms with Gasteiger partial charge >= 0.3 is 0 Å². The molecule has 0 aliphatic carbocycles. The summed E-state index contributed by atoms with van der Waals surface area (Å²) in [6, 6.07) is 11.5. The number of para-hydroxylation sites is 2. The molecule has 0 radical (unpaired) electrons. The average Bonchev–Trinajstić information content (AvgIpc) is 2.61.